The first-order valence-electron chi connectivity index (χ1n) is 11.4. The van der Waals surface area contributed by atoms with E-state index in [1.807, 2.05) is 91.0 Å². The van der Waals surface area contributed by atoms with Crippen LogP contribution >= 0.6 is 0 Å². The van der Waals surface area contributed by atoms with Crippen LogP contribution in [0.4, 0.5) is 0 Å². The number of nitrogens with zero attached hydrogens (tertiary/aromatic N) is 2. The quantitative estimate of drug-likeness (QED) is 0.218. The summed E-state index contributed by atoms with van der Waals surface area (Å²) in [7, 11) is 0. The Labute approximate surface area is 202 Å². The lowest BCUT2D eigenvalue weighted by atomic mass is 10.0. The highest BCUT2D eigenvalue weighted by Gasteiger charge is 2.16. The van der Waals surface area contributed by atoms with E-state index in [4.69, 9.17) is 14.8 Å². The third-order valence-electron chi connectivity index (χ3n) is 6.03. The average molecular weight is 452 g/mol. The number of benzene rings is 5. The van der Waals surface area contributed by atoms with Crippen LogP contribution in [0.2, 0.25) is 0 Å². The normalized spacial score (nSPS) is 12.2. The smallest absolute Gasteiger partial charge is 0.161 e. The summed E-state index contributed by atoms with van der Waals surface area (Å²) in [6.45, 7) is 0. The van der Waals surface area contributed by atoms with Crippen molar-refractivity contribution in [3.05, 3.63) is 132 Å². The maximum Gasteiger partial charge on any atom is 0.161 e. The maximum atomic E-state index is 8.95. The van der Waals surface area contributed by atoms with E-state index in [2.05, 4.69) is 29.3 Å². The SMILES string of the molecule is N=C(N=C(N=Cc1ccccc1)c1ccccc1)c1cccc2oc3c4ccccc4ccc3c12. The molecule has 0 atom stereocenters. The third kappa shape index (κ3) is 3.91. The fraction of sp³-hybridized carbons (Fsp3) is 0. The summed E-state index contributed by atoms with van der Waals surface area (Å²) < 4.78 is 6.28. The molecule has 5 aromatic carbocycles. The van der Waals surface area contributed by atoms with Crippen molar-refractivity contribution >= 4 is 50.6 Å². The summed E-state index contributed by atoms with van der Waals surface area (Å²) in [5.41, 5.74) is 4.09. The molecular formula is C31H21N3O. The first-order chi connectivity index (χ1) is 17.3. The zero-order valence-electron chi connectivity index (χ0n) is 18.8. The molecule has 6 aromatic rings. The molecule has 0 spiro atoms. The molecule has 0 unspecified atom stereocenters. The predicted octanol–water partition coefficient (Wildman–Crippen LogP) is 7.63. The van der Waals surface area contributed by atoms with E-state index >= 15 is 0 Å². The van der Waals surface area contributed by atoms with Crippen LogP contribution in [0.1, 0.15) is 16.7 Å². The molecule has 4 heteroatoms. The van der Waals surface area contributed by atoms with Crippen LogP contribution in [0.25, 0.3) is 32.7 Å². The van der Waals surface area contributed by atoms with Crippen molar-refractivity contribution in [2.24, 2.45) is 9.98 Å². The molecule has 6 rings (SSSR count). The molecule has 0 bridgehead atoms. The van der Waals surface area contributed by atoms with Crippen molar-refractivity contribution in [2.45, 2.75) is 0 Å². The van der Waals surface area contributed by atoms with Crippen LogP contribution in [-0.4, -0.2) is 17.9 Å². The summed E-state index contributed by atoms with van der Waals surface area (Å²) in [5.74, 6) is 0.616. The van der Waals surface area contributed by atoms with Gasteiger partial charge in [-0.3, -0.25) is 5.41 Å². The van der Waals surface area contributed by atoms with Gasteiger partial charge >= 0.3 is 0 Å². The molecule has 0 saturated carbocycles. The second-order valence-electron chi connectivity index (χ2n) is 8.26. The minimum atomic E-state index is 0.135. The topological polar surface area (TPSA) is 61.7 Å². The van der Waals surface area contributed by atoms with E-state index in [1.165, 1.54) is 0 Å². The molecule has 1 aromatic heterocycles. The van der Waals surface area contributed by atoms with E-state index in [1.54, 1.807) is 6.21 Å². The molecule has 0 aliphatic rings. The van der Waals surface area contributed by atoms with Crippen LogP contribution in [0.5, 0.6) is 0 Å². The van der Waals surface area contributed by atoms with Crippen LogP contribution in [0, 0.1) is 5.41 Å². The van der Waals surface area contributed by atoms with Crippen molar-refractivity contribution in [1.29, 1.82) is 5.41 Å². The van der Waals surface area contributed by atoms with Gasteiger partial charge in [-0.2, -0.15) is 0 Å². The van der Waals surface area contributed by atoms with Crippen molar-refractivity contribution < 1.29 is 4.42 Å². The van der Waals surface area contributed by atoms with Crippen molar-refractivity contribution in [2.75, 3.05) is 0 Å². The molecule has 35 heavy (non-hydrogen) atoms. The summed E-state index contributed by atoms with van der Waals surface area (Å²) in [4.78, 5) is 9.35. The number of furan rings is 1. The molecule has 166 valence electrons. The van der Waals surface area contributed by atoms with Gasteiger partial charge in [0, 0.05) is 33.5 Å². The van der Waals surface area contributed by atoms with E-state index in [-0.39, 0.29) is 5.84 Å². The molecule has 0 amide bonds. The van der Waals surface area contributed by atoms with E-state index in [0.717, 1.165) is 43.8 Å². The molecule has 0 fully saturated rings. The Morgan fingerprint density at radius 3 is 2.26 bits per heavy atom. The zero-order valence-corrected chi connectivity index (χ0v) is 18.8. The lowest BCUT2D eigenvalue weighted by Crippen LogP contribution is -2.05. The first-order valence-corrected chi connectivity index (χ1v) is 11.4. The lowest BCUT2D eigenvalue weighted by molar-refractivity contribution is 0.672. The van der Waals surface area contributed by atoms with Crippen molar-refractivity contribution in [1.82, 2.24) is 0 Å². The van der Waals surface area contributed by atoms with Crippen molar-refractivity contribution in [3.63, 3.8) is 0 Å². The molecule has 1 heterocycles. The van der Waals surface area contributed by atoms with Gasteiger partial charge in [-0.1, -0.05) is 103 Å². The maximum absolute atomic E-state index is 8.95. The minimum absolute atomic E-state index is 0.135. The molecule has 0 saturated heterocycles. The number of hydrogen-bond acceptors (Lipinski definition) is 2. The molecule has 1 N–H and O–H groups in total. The Morgan fingerprint density at radius 1 is 0.686 bits per heavy atom. The van der Waals surface area contributed by atoms with Gasteiger partial charge in [-0.25, -0.2) is 9.98 Å². The Balaban J connectivity index is 1.50. The van der Waals surface area contributed by atoms with Gasteiger partial charge in [0.05, 0.1) is 0 Å². The van der Waals surface area contributed by atoms with E-state index in [0.29, 0.717) is 11.4 Å². The highest BCUT2D eigenvalue weighted by Crippen LogP contribution is 2.36. The lowest BCUT2D eigenvalue weighted by Gasteiger charge is -2.05. The van der Waals surface area contributed by atoms with E-state index in [9.17, 15) is 0 Å². The zero-order chi connectivity index (χ0) is 23.6. The summed E-state index contributed by atoms with van der Waals surface area (Å²) in [5, 5.41) is 13.0. The fourth-order valence-corrected chi connectivity index (χ4v) is 4.35. The van der Waals surface area contributed by atoms with Gasteiger partial charge in [0.1, 0.15) is 11.2 Å². The standard InChI is InChI=1S/C31H21N3O/c32-30(34-31(23-13-5-2-6-14-23)33-20-21-10-3-1-4-11-21)26-16-9-17-27-28(26)25-19-18-22-12-7-8-15-24(22)29(25)35-27/h1-20,32H. The average Bonchev–Trinajstić information content (AvgIpc) is 3.31. The van der Waals surface area contributed by atoms with Crippen LogP contribution < -0.4 is 0 Å². The monoisotopic (exact) mass is 451 g/mol. The van der Waals surface area contributed by atoms with Gasteiger partial charge in [0.25, 0.3) is 0 Å². The second-order valence-corrected chi connectivity index (χ2v) is 8.26. The Morgan fingerprint density at radius 2 is 1.43 bits per heavy atom. The van der Waals surface area contributed by atoms with Gasteiger partial charge in [-0.05, 0) is 23.1 Å². The van der Waals surface area contributed by atoms with Crippen LogP contribution in [0.3, 0.4) is 0 Å². The van der Waals surface area contributed by atoms with E-state index < -0.39 is 0 Å². The van der Waals surface area contributed by atoms with Gasteiger partial charge in [0.2, 0.25) is 0 Å². The van der Waals surface area contributed by atoms with Gasteiger partial charge in [0.15, 0.2) is 11.7 Å². The van der Waals surface area contributed by atoms with Crippen LogP contribution in [0.15, 0.2) is 130 Å². The van der Waals surface area contributed by atoms with Crippen molar-refractivity contribution in [3.8, 4) is 0 Å². The Bertz CT molecular complexity index is 1750. The van der Waals surface area contributed by atoms with Gasteiger partial charge in [-0.15, -0.1) is 0 Å². The number of fused-ring (bicyclic) bond motifs is 5. The number of aliphatic imine (C=N–C) groups is 2. The number of hydrogen-bond donors (Lipinski definition) is 1. The fourth-order valence-electron chi connectivity index (χ4n) is 4.35. The first kappa shape index (κ1) is 20.8. The molecule has 0 aliphatic heterocycles. The number of rotatable bonds is 3. The number of amidine groups is 2. The summed E-state index contributed by atoms with van der Waals surface area (Å²) >= 11 is 0. The number of nitrogens with one attached hydrogen (secondary N) is 1. The van der Waals surface area contributed by atoms with Gasteiger partial charge < -0.3 is 4.42 Å². The predicted molar refractivity (Wildman–Crippen MR) is 145 cm³/mol. The van der Waals surface area contributed by atoms with Crippen LogP contribution in [-0.2, 0) is 0 Å². The largest absolute Gasteiger partial charge is 0.455 e. The summed E-state index contributed by atoms with van der Waals surface area (Å²) in [6.07, 6.45) is 1.78. The molecule has 0 aliphatic carbocycles. The second kappa shape index (κ2) is 8.84. The molecule has 4 nitrogen and oxygen atoms in total. The highest BCUT2D eigenvalue weighted by molar-refractivity contribution is 6.23. The highest BCUT2D eigenvalue weighted by atomic mass is 16.3. The minimum Gasteiger partial charge on any atom is -0.455 e. The summed E-state index contributed by atoms with van der Waals surface area (Å²) in [6, 6.07) is 37.7. The Hall–Kier alpha value is -4.83. The molecule has 0 radical (unpaired) electrons. The molecular weight excluding hydrogens is 430 g/mol. The third-order valence-corrected chi connectivity index (χ3v) is 6.03. The Kier molecular flexibility index (Phi) is 5.24.